The van der Waals surface area contributed by atoms with Gasteiger partial charge in [-0.1, -0.05) is 48.9 Å². The van der Waals surface area contributed by atoms with Crippen LogP contribution in [0.5, 0.6) is 0 Å². The van der Waals surface area contributed by atoms with Crippen LogP contribution in [0.25, 0.3) is 6.08 Å². The molecule has 1 aromatic carbocycles. The van der Waals surface area contributed by atoms with Gasteiger partial charge in [0.2, 0.25) is 0 Å². The standard InChI is InChI=1S/C14H16O2/c1-3-13(14(15)16)10-11(2)9-12-7-5-4-6-8-12/h4-10H,3H2,1-2H3,(H,15,16)/b11-9+,13-10+. The van der Waals surface area contributed by atoms with E-state index in [2.05, 4.69) is 0 Å². The number of benzene rings is 1. The summed E-state index contributed by atoms with van der Waals surface area (Å²) >= 11 is 0. The Morgan fingerprint density at radius 3 is 2.44 bits per heavy atom. The lowest BCUT2D eigenvalue weighted by molar-refractivity contribution is -0.132. The minimum atomic E-state index is -0.844. The molecule has 2 nitrogen and oxygen atoms in total. The highest BCUT2D eigenvalue weighted by atomic mass is 16.4. The summed E-state index contributed by atoms with van der Waals surface area (Å²) in [5.41, 5.74) is 2.47. The average Bonchev–Trinajstić information content (AvgIpc) is 2.27. The molecule has 0 unspecified atom stereocenters. The molecule has 0 aliphatic rings. The van der Waals surface area contributed by atoms with Gasteiger partial charge in [0.1, 0.15) is 0 Å². The fourth-order valence-corrected chi connectivity index (χ4v) is 1.44. The van der Waals surface area contributed by atoms with E-state index in [1.54, 1.807) is 6.08 Å². The topological polar surface area (TPSA) is 37.3 Å². The Balaban J connectivity index is 2.90. The number of allylic oxidation sites excluding steroid dienone is 2. The molecule has 0 saturated heterocycles. The third-order valence-electron chi connectivity index (χ3n) is 2.25. The minimum Gasteiger partial charge on any atom is -0.478 e. The summed E-state index contributed by atoms with van der Waals surface area (Å²) < 4.78 is 0. The van der Waals surface area contributed by atoms with E-state index in [0.717, 1.165) is 11.1 Å². The van der Waals surface area contributed by atoms with E-state index in [1.165, 1.54) is 0 Å². The average molecular weight is 216 g/mol. The van der Waals surface area contributed by atoms with E-state index < -0.39 is 5.97 Å². The number of hydrogen-bond acceptors (Lipinski definition) is 1. The van der Waals surface area contributed by atoms with Crippen molar-refractivity contribution in [3.8, 4) is 0 Å². The molecule has 1 aromatic rings. The summed E-state index contributed by atoms with van der Waals surface area (Å²) in [6.07, 6.45) is 4.23. The quantitative estimate of drug-likeness (QED) is 0.617. The maximum Gasteiger partial charge on any atom is 0.331 e. The molecule has 0 aromatic heterocycles. The van der Waals surface area contributed by atoms with Crippen molar-refractivity contribution in [1.29, 1.82) is 0 Å². The van der Waals surface area contributed by atoms with E-state index >= 15 is 0 Å². The zero-order valence-electron chi connectivity index (χ0n) is 9.60. The number of rotatable bonds is 4. The van der Waals surface area contributed by atoms with E-state index in [4.69, 9.17) is 5.11 Å². The molecule has 0 amide bonds. The Kier molecular flexibility index (Phi) is 4.52. The number of aliphatic carboxylic acids is 1. The summed E-state index contributed by atoms with van der Waals surface area (Å²) in [6.45, 7) is 3.75. The van der Waals surface area contributed by atoms with Gasteiger partial charge in [0.25, 0.3) is 0 Å². The molecule has 0 aliphatic carbocycles. The van der Waals surface area contributed by atoms with Gasteiger partial charge in [0, 0.05) is 5.57 Å². The number of carbonyl (C=O) groups is 1. The van der Waals surface area contributed by atoms with Crippen LogP contribution >= 0.6 is 0 Å². The first-order valence-electron chi connectivity index (χ1n) is 5.30. The fraction of sp³-hybridized carbons (Fsp3) is 0.214. The maximum absolute atomic E-state index is 10.8. The Labute approximate surface area is 95.9 Å². The number of carboxylic acid groups (broad SMARTS) is 1. The first kappa shape index (κ1) is 12.2. The van der Waals surface area contributed by atoms with E-state index in [1.807, 2.05) is 50.3 Å². The Hall–Kier alpha value is -1.83. The molecule has 0 spiro atoms. The van der Waals surface area contributed by atoms with Crippen LogP contribution in [-0.2, 0) is 4.79 Å². The molecule has 1 N–H and O–H groups in total. The Morgan fingerprint density at radius 1 is 1.31 bits per heavy atom. The fourth-order valence-electron chi connectivity index (χ4n) is 1.44. The maximum atomic E-state index is 10.8. The molecular formula is C14H16O2. The van der Waals surface area contributed by atoms with Crippen molar-refractivity contribution < 1.29 is 9.90 Å². The smallest absolute Gasteiger partial charge is 0.331 e. The van der Waals surface area contributed by atoms with Crippen molar-refractivity contribution in [2.24, 2.45) is 0 Å². The molecule has 2 heteroatoms. The normalized spacial score (nSPS) is 12.6. The van der Waals surface area contributed by atoms with Crippen LogP contribution < -0.4 is 0 Å². The van der Waals surface area contributed by atoms with Crippen molar-refractivity contribution in [3.05, 3.63) is 53.1 Å². The van der Waals surface area contributed by atoms with Gasteiger partial charge in [-0.3, -0.25) is 0 Å². The molecule has 16 heavy (non-hydrogen) atoms. The minimum absolute atomic E-state index is 0.435. The summed E-state index contributed by atoms with van der Waals surface area (Å²) in [6, 6.07) is 9.85. The predicted octanol–water partition coefficient (Wildman–Crippen LogP) is 3.51. The van der Waals surface area contributed by atoms with E-state index in [-0.39, 0.29) is 0 Å². The van der Waals surface area contributed by atoms with Crippen LogP contribution in [0.4, 0.5) is 0 Å². The van der Waals surface area contributed by atoms with Crippen molar-refractivity contribution >= 4 is 12.0 Å². The summed E-state index contributed by atoms with van der Waals surface area (Å²) in [5.74, 6) is -0.844. The van der Waals surface area contributed by atoms with E-state index in [0.29, 0.717) is 12.0 Å². The van der Waals surface area contributed by atoms with Crippen molar-refractivity contribution in [2.75, 3.05) is 0 Å². The summed E-state index contributed by atoms with van der Waals surface area (Å²) in [5, 5.41) is 8.89. The Bertz CT molecular complexity index is 414. The van der Waals surface area contributed by atoms with Crippen LogP contribution in [0.2, 0.25) is 0 Å². The largest absolute Gasteiger partial charge is 0.478 e. The van der Waals surface area contributed by atoms with Crippen LogP contribution in [0.3, 0.4) is 0 Å². The van der Waals surface area contributed by atoms with Crippen molar-refractivity contribution in [2.45, 2.75) is 20.3 Å². The molecule has 0 atom stereocenters. The molecule has 0 saturated carbocycles. The third-order valence-corrected chi connectivity index (χ3v) is 2.25. The molecule has 0 radical (unpaired) electrons. The van der Waals surface area contributed by atoms with Crippen LogP contribution in [0, 0.1) is 0 Å². The summed E-state index contributed by atoms with van der Waals surface area (Å²) in [7, 11) is 0. The zero-order valence-corrected chi connectivity index (χ0v) is 9.60. The number of hydrogen-bond donors (Lipinski definition) is 1. The molecule has 0 aliphatic heterocycles. The van der Waals surface area contributed by atoms with Gasteiger partial charge in [-0.15, -0.1) is 0 Å². The van der Waals surface area contributed by atoms with Gasteiger partial charge < -0.3 is 5.11 Å². The summed E-state index contributed by atoms with van der Waals surface area (Å²) in [4.78, 5) is 10.8. The lowest BCUT2D eigenvalue weighted by Gasteiger charge is -1.99. The highest BCUT2D eigenvalue weighted by Crippen LogP contribution is 2.11. The molecular weight excluding hydrogens is 200 g/mol. The van der Waals surface area contributed by atoms with Gasteiger partial charge in [-0.05, 0) is 25.0 Å². The molecule has 84 valence electrons. The molecule has 0 fully saturated rings. The first-order chi connectivity index (χ1) is 7.63. The second kappa shape index (κ2) is 5.91. The van der Waals surface area contributed by atoms with Gasteiger partial charge in [0.05, 0.1) is 0 Å². The molecule has 0 heterocycles. The predicted molar refractivity (Wildman–Crippen MR) is 66.1 cm³/mol. The van der Waals surface area contributed by atoms with E-state index in [9.17, 15) is 4.79 Å². The van der Waals surface area contributed by atoms with Gasteiger partial charge >= 0.3 is 5.97 Å². The highest BCUT2D eigenvalue weighted by Gasteiger charge is 2.03. The van der Waals surface area contributed by atoms with Crippen LogP contribution in [-0.4, -0.2) is 11.1 Å². The van der Waals surface area contributed by atoms with Crippen molar-refractivity contribution in [3.63, 3.8) is 0 Å². The number of carboxylic acids is 1. The molecule has 1 rings (SSSR count). The highest BCUT2D eigenvalue weighted by molar-refractivity contribution is 5.87. The van der Waals surface area contributed by atoms with Gasteiger partial charge in [0.15, 0.2) is 0 Å². The first-order valence-corrected chi connectivity index (χ1v) is 5.30. The zero-order chi connectivity index (χ0) is 12.0. The second-order valence-electron chi connectivity index (χ2n) is 3.63. The van der Waals surface area contributed by atoms with Gasteiger partial charge in [-0.2, -0.15) is 0 Å². The Morgan fingerprint density at radius 2 is 1.94 bits per heavy atom. The lowest BCUT2D eigenvalue weighted by Crippen LogP contribution is -1.99. The monoisotopic (exact) mass is 216 g/mol. The second-order valence-corrected chi connectivity index (χ2v) is 3.63. The molecule has 0 bridgehead atoms. The van der Waals surface area contributed by atoms with Gasteiger partial charge in [-0.25, -0.2) is 4.79 Å². The SMILES string of the molecule is CC/C(=C\C(C)=C\c1ccccc1)C(=O)O. The lowest BCUT2D eigenvalue weighted by atomic mass is 10.1. The van der Waals surface area contributed by atoms with Crippen LogP contribution in [0.15, 0.2) is 47.6 Å². The van der Waals surface area contributed by atoms with Crippen LogP contribution in [0.1, 0.15) is 25.8 Å². The third kappa shape index (κ3) is 3.73. The van der Waals surface area contributed by atoms with Crippen molar-refractivity contribution in [1.82, 2.24) is 0 Å².